The number of quaternary nitrogens is 1. The number of methoxy groups -OCH3 is 1. The third kappa shape index (κ3) is 2.26. The van der Waals surface area contributed by atoms with E-state index < -0.39 is 5.60 Å². The minimum atomic E-state index is -0.446. The lowest BCUT2D eigenvalue weighted by Gasteiger charge is -2.46. The lowest BCUT2D eigenvalue weighted by atomic mass is 9.66. The van der Waals surface area contributed by atoms with Gasteiger partial charge in [0.25, 0.3) is 0 Å². The van der Waals surface area contributed by atoms with E-state index in [4.69, 9.17) is 4.74 Å². The Morgan fingerprint density at radius 1 is 1.26 bits per heavy atom. The van der Waals surface area contributed by atoms with Crippen molar-refractivity contribution in [1.29, 1.82) is 0 Å². The number of fused-ring (bicyclic) bond motifs is 1. The van der Waals surface area contributed by atoms with Crippen molar-refractivity contribution >= 4 is 0 Å². The van der Waals surface area contributed by atoms with Crippen molar-refractivity contribution < 1.29 is 15.2 Å². The van der Waals surface area contributed by atoms with E-state index in [0.29, 0.717) is 12.0 Å². The van der Waals surface area contributed by atoms with Crippen LogP contribution in [0.1, 0.15) is 43.7 Å². The van der Waals surface area contributed by atoms with Crippen LogP contribution in [0.4, 0.5) is 0 Å². The Hall–Kier alpha value is -1.06. The van der Waals surface area contributed by atoms with Crippen LogP contribution in [0.15, 0.2) is 24.3 Å². The van der Waals surface area contributed by atoms with Crippen LogP contribution >= 0.6 is 0 Å². The molecule has 1 heterocycles. The molecule has 0 spiro atoms. The first-order valence-electron chi connectivity index (χ1n) is 7.43. The highest BCUT2D eigenvalue weighted by atomic mass is 16.5. The molecule has 3 nitrogen and oxygen atoms in total. The van der Waals surface area contributed by atoms with Gasteiger partial charge in [-0.3, -0.25) is 0 Å². The first-order valence-corrected chi connectivity index (χ1v) is 7.43. The standard InChI is InChI=1S/C16H23NO2/c1-19-14-8-3-2-6-12(14)15-13-7-4-5-9-16(13,18)10-11-17-15/h2-3,6,8,13,15,17-18H,4-5,7,9-11H2,1H3/p+1/t13-,15-,16-/m0/s1. The lowest BCUT2D eigenvalue weighted by Crippen LogP contribution is -2.91. The van der Waals surface area contributed by atoms with Crippen molar-refractivity contribution in [1.82, 2.24) is 0 Å². The van der Waals surface area contributed by atoms with Gasteiger partial charge in [-0.15, -0.1) is 0 Å². The topological polar surface area (TPSA) is 46.1 Å². The van der Waals surface area contributed by atoms with E-state index in [0.717, 1.165) is 31.6 Å². The molecule has 1 aromatic rings. The lowest BCUT2D eigenvalue weighted by molar-refractivity contribution is -0.719. The molecule has 2 aliphatic rings. The van der Waals surface area contributed by atoms with Gasteiger partial charge in [-0.2, -0.15) is 0 Å². The largest absolute Gasteiger partial charge is 0.496 e. The summed E-state index contributed by atoms with van der Waals surface area (Å²) < 4.78 is 5.51. The molecule has 19 heavy (non-hydrogen) atoms. The molecule has 1 aromatic carbocycles. The number of aliphatic hydroxyl groups is 1. The van der Waals surface area contributed by atoms with Gasteiger partial charge < -0.3 is 15.2 Å². The first kappa shape index (κ1) is 12.9. The van der Waals surface area contributed by atoms with Crippen molar-refractivity contribution in [3.8, 4) is 5.75 Å². The normalized spacial score (nSPS) is 34.6. The molecule has 0 radical (unpaired) electrons. The van der Waals surface area contributed by atoms with E-state index in [-0.39, 0.29) is 0 Å². The van der Waals surface area contributed by atoms with E-state index in [9.17, 15) is 5.11 Å². The minimum absolute atomic E-state index is 0.343. The van der Waals surface area contributed by atoms with Crippen molar-refractivity contribution in [2.75, 3.05) is 13.7 Å². The van der Waals surface area contributed by atoms with E-state index in [1.165, 1.54) is 18.4 Å². The number of para-hydroxylation sites is 1. The maximum atomic E-state index is 10.9. The highest BCUT2D eigenvalue weighted by Crippen LogP contribution is 2.44. The van der Waals surface area contributed by atoms with Crippen LogP contribution in [0.5, 0.6) is 5.75 Å². The summed E-state index contributed by atoms with van der Waals surface area (Å²) >= 11 is 0. The van der Waals surface area contributed by atoms with Gasteiger partial charge in [-0.25, -0.2) is 0 Å². The van der Waals surface area contributed by atoms with Crippen molar-refractivity contribution in [3.63, 3.8) is 0 Å². The molecule has 1 saturated carbocycles. The Morgan fingerprint density at radius 3 is 2.95 bits per heavy atom. The number of ether oxygens (including phenoxy) is 1. The average Bonchev–Trinajstić information content (AvgIpc) is 2.46. The van der Waals surface area contributed by atoms with Crippen LogP contribution in [0.2, 0.25) is 0 Å². The molecule has 3 N–H and O–H groups in total. The number of rotatable bonds is 2. The Kier molecular flexibility index (Phi) is 3.50. The van der Waals surface area contributed by atoms with Crippen molar-refractivity contribution in [2.24, 2.45) is 5.92 Å². The third-order valence-corrected chi connectivity index (χ3v) is 4.99. The molecule has 104 valence electrons. The third-order valence-electron chi connectivity index (χ3n) is 4.99. The number of piperidine rings is 1. The van der Waals surface area contributed by atoms with Gasteiger partial charge in [0.1, 0.15) is 11.8 Å². The summed E-state index contributed by atoms with van der Waals surface area (Å²) in [4.78, 5) is 0. The molecular weight excluding hydrogens is 238 g/mol. The second-order valence-corrected chi connectivity index (χ2v) is 6.00. The average molecular weight is 262 g/mol. The summed E-state index contributed by atoms with van der Waals surface area (Å²) in [6.07, 6.45) is 5.45. The summed E-state index contributed by atoms with van der Waals surface area (Å²) in [5.41, 5.74) is 0.799. The summed E-state index contributed by atoms with van der Waals surface area (Å²) in [5, 5.41) is 13.3. The Balaban J connectivity index is 1.94. The molecule has 0 unspecified atom stereocenters. The summed E-state index contributed by atoms with van der Waals surface area (Å²) in [6.45, 7) is 1.01. The molecule has 1 aliphatic carbocycles. The van der Waals surface area contributed by atoms with Crippen molar-refractivity contribution in [2.45, 2.75) is 43.7 Å². The van der Waals surface area contributed by atoms with Crippen LogP contribution in [0, 0.1) is 5.92 Å². The molecular formula is C16H24NO2+. The summed E-state index contributed by atoms with van der Waals surface area (Å²) in [6, 6.07) is 8.61. The maximum absolute atomic E-state index is 10.9. The Labute approximate surface area is 115 Å². The van der Waals surface area contributed by atoms with Gasteiger partial charge in [0, 0.05) is 12.3 Å². The van der Waals surface area contributed by atoms with Gasteiger partial charge in [-0.1, -0.05) is 25.0 Å². The SMILES string of the molecule is COc1ccccc1[C@@H]1[NH2+]CC[C@@]2(O)CCCC[C@@H]12. The second kappa shape index (κ2) is 5.14. The van der Waals surface area contributed by atoms with E-state index in [1.54, 1.807) is 7.11 Å². The van der Waals surface area contributed by atoms with E-state index >= 15 is 0 Å². The maximum Gasteiger partial charge on any atom is 0.128 e. The fourth-order valence-electron chi connectivity index (χ4n) is 4.04. The molecule has 0 aromatic heterocycles. The van der Waals surface area contributed by atoms with Crippen LogP contribution in [0.3, 0.4) is 0 Å². The molecule has 0 amide bonds. The van der Waals surface area contributed by atoms with Crippen LogP contribution < -0.4 is 10.1 Å². The quantitative estimate of drug-likeness (QED) is 0.851. The highest BCUT2D eigenvalue weighted by molar-refractivity contribution is 5.35. The van der Waals surface area contributed by atoms with Gasteiger partial charge in [-0.05, 0) is 25.0 Å². The van der Waals surface area contributed by atoms with Crippen LogP contribution in [-0.4, -0.2) is 24.4 Å². The number of nitrogens with two attached hydrogens (primary N) is 1. The number of hydrogen-bond donors (Lipinski definition) is 2. The van der Waals surface area contributed by atoms with Crippen LogP contribution in [-0.2, 0) is 0 Å². The van der Waals surface area contributed by atoms with Gasteiger partial charge >= 0.3 is 0 Å². The van der Waals surface area contributed by atoms with E-state index in [1.807, 2.05) is 12.1 Å². The molecule has 3 rings (SSSR count). The fraction of sp³-hybridized carbons (Fsp3) is 0.625. The molecule has 1 saturated heterocycles. The first-order chi connectivity index (χ1) is 9.24. The predicted octanol–water partition coefficient (Wildman–Crippen LogP) is 1.62. The van der Waals surface area contributed by atoms with Crippen LogP contribution in [0.25, 0.3) is 0 Å². The number of benzene rings is 1. The van der Waals surface area contributed by atoms with Gasteiger partial charge in [0.05, 0.1) is 24.8 Å². The Bertz CT molecular complexity index is 444. The summed E-state index contributed by atoms with van der Waals surface area (Å²) in [7, 11) is 1.73. The monoisotopic (exact) mass is 262 g/mol. The summed E-state index contributed by atoms with van der Waals surface area (Å²) in [5.74, 6) is 1.32. The molecule has 2 fully saturated rings. The van der Waals surface area contributed by atoms with Crippen molar-refractivity contribution in [3.05, 3.63) is 29.8 Å². The minimum Gasteiger partial charge on any atom is -0.496 e. The zero-order chi connectivity index (χ0) is 13.3. The zero-order valence-corrected chi connectivity index (χ0v) is 11.6. The fourth-order valence-corrected chi connectivity index (χ4v) is 4.04. The zero-order valence-electron chi connectivity index (χ0n) is 11.6. The second-order valence-electron chi connectivity index (χ2n) is 6.00. The number of hydrogen-bond acceptors (Lipinski definition) is 2. The molecule has 1 aliphatic heterocycles. The smallest absolute Gasteiger partial charge is 0.128 e. The van der Waals surface area contributed by atoms with Gasteiger partial charge in [0.2, 0.25) is 0 Å². The molecule has 3 heteroatoms. The Morgan fingerprint density at radius 2 is 2.11 bits per heavy atom. The van der Waals surface area contributed by atoms with E-state index in [2.05, 4.69) is 17.4 Å². The van der Waals surface area contributed by atoms with Gasteiger partial charge in [0.15, 0.2) is 0 Å². The predicted molar refractivity (Wildman–Crippen MR) is 74.1 cm³/mol. The molecule has 3 atom stereocenters. The highest BCUT2D eigenvalue weighted by Gasteiger charge is 2.49. The molecule has 0 bridgehead atoms.